The fraction of sp³-hybridized carbons (Fsp3) is 0. The van der Waals surface area contributed by atoms with Gasteiger partial charge in [0.1, 0.15) is 4.99 Å². The highest BCUT2D eigenvalue weighted by atomic mass is 32.1. The third kappa shape index (κ3) is 1.57. The van der Waals surface area contributed by atoms with Crippen LogP contribution in [0.2, 0.25) is 0 Å². The van der Waals surface area contributed by atoms with Crippen molar-refractivity contribution in [2.45, 2.75) is 0 Å². The van der Waals surface area contributed by atoms with Gasteiger partial charge in [-0.1, -0.05) is 18.3 Å². The monoisotopic (exact) mass is 203 g/mol. The molecule has 0 spiro atoms. The van der Waals surface area contributed by atoms with E-state index >= 15 is 0 Å². The molecule has 0 fully saturated rings. The second kappa shape index (κ2) is 3.69. The first-order chi connectivity index (χ1) is 6.81. The number of nitrogens with zero attached hydrogens (tertiary/aromatic N) is 1. The van der Waals surface area contributed by atoms with Gasteiger partial charge in [0, 0.05) is 17.1 Å². The van der Waals surface area contributed by atoms with Gasteiger partial charge in [0.05, 0.1) is 5.52 Å². The molecule has 70 valence electrons. The van der Waals surface area contributed by atoms with Gasteiger partial charge in [-0.2, -0.15) is 0 Å². The van der Waals surface area contributed by atoms with Crippen molar-refractivity contribution in [3.63, 3.8) is 0 Å². The average Bonchev–Trinajstić information content (AvgIpc) is 2.27. The van der Waals surface area contributed by atoms with Crippen LogP contribution in [0.1, 0.15) is 5.56 Å². The van der Waals surface area contributed by atoms with E-state index in [0.717, 1.165) is 16.5 Å². The maximum atomic E-state index is 5.24. The van der Waals surface area contributed by atoms with E-state index in [1.165, 1.54) is 0 Å². The van der Waals surface area contributed by atoms with Crippen LogP contribution < -0.4 is 11.3 Å². The van der Waals surface area contributed by atoms with E-state index in [2.05, 4.69) is 10.4 Å². The van der Waals surface area contributed by atoms with E-state index in [0.29, 0.717) is 4.99 Å². The van der Waals surface area contributed by atoms with Gasteiger partial charge in [-0.15, -0.1) is 0 Å². The van der Waals surface area contributed by atoms with Crippen LogP contribution in [0, 0.1) is 0 Å². The van der Waals surface area contributed by atoms with Crippen LogP contribution in [0.4, 0.5) is 0 Å². The summed E-state index contributed by atoms with van der Waals surface area (Å²) in [6.45, 7) is 0. The summed E-state index contributed by atoms with van der Waals surface area (Å²) in [5, 5.41) is 1.06. The molecule has 0 radical (unpaired) electrons. The maximum Gasteiger partial charge on any atom is 0.120 e. The molecule has 0 aliphatic carbocycles. The van der Waals surface area contributed by atoms with Crippen LogP contribution in [-0.2, 0) is 0 Å². The second-order valence-corrected chi connectivity index (χ2v) is 3.29. The number of nitrogens with two attached hydrogens (primary N) is 1. The molecule has 3 nitrogen and oxygen atoms in total. The second-order valence-electron chi connectivity index (χ2n) is 2.88. The van der Waals surface area contributed by atoms with E-state index in [1.54, 1.807) is 6.20 Å². The molecule has 0 amide bonds. The third-order valence-electron chi connectivity index (χ3n) is 2.00. The van der Waals surface area contributed by atoms with Crippen molar-refractivity contribution < 1.29 is 0 Å². The normalized spacial score (nSPS) is 10.1. The molecule has 4 heteroatoms. The van der Waals surface area contributed by atoms with Crippen LogP contribution in [0.3, 0.4) is 0 Å². The molecule has 2 rings (SSSR count). The molecule has 14 heavy (non-hydrogen) atoms. The molecule has 0 saturated carbocycles. The lowest BCUT2D eigenvalue weighted by atomic mass is 10.1. The van der Waals surface area contributed by atoms with Gasteiger partial charge in [0.25, 0.3) is 0 Å². The van der Waals surface area contributed by atoms with Gasteiger partial charge in [0.15, 0.2) is 0 Å². The lowest BCUT2D eigenvalue weighted by molar-refractivity contribution is 1.05. The molecule has 0 aliphatic rings. The molecule has 0 saturated heterocycles. The first-order valence-electron chi connectivity index (χ1n) is 4.17. The predicted molar refractivity (Wildman–Crippen MR) is 60.8 cm³/mol. The van der Waals surface area contributed by atoms with E-state index in [-0.39, 0.29) is 0 Å². The summed E-state index contributed by atoms with van der Waals surface area (Å²) in [7, 11) is 0. The van der Waals surface area contributed by atoms with Crippen LogP contribution in [0.25, 0.3) is 10.9 Å². The molecule has 2 aromatic rings. The van der Waals surface area contributed by atoms with Gasteiger partial charge >= 0.3 is 0 Å². The van der Waals surface area contributed by atoms with Crippen molar-refractivity contribution in [1.82, 2.24) is 10.4 Å². The van der Waals surface area contributed by atoms with Crippen molar-refractivity contribution in [2.24, 2.45) is 5.84 Å². The Morgan fingerprint density at radius 3 is 3.00 bits per heavy atom. The highest BCUT2D eigenvalue weighted by molar-refractivity contribution is 7.80. The number of hydrogen-bond donors (Lipinski definition) is 2. The zero-order valence-corrected chi connectivity index (χ0v) is 8.21. The predicted octanol–water partition coefficient (Wildman–Crippen LogP) is 1.37. The Morgan fingerprint density at radius 1 is 1.36 bits per heavy atom. The third-order valence-corrected chi connectivity index (χ3v) is 2.35. The molecule has 0 bridgehead atoms. The Morgan fingerprint density at radius 2 is 2.21 bits per heavy atom. The zero-order valence-electron chi connectivity index (χ0n) is 7.40. The zero-order chi connectivity index (χ0) is 9.97. The van der Waals surface area contributed by atoms with Gasteiger partial charge in [-0.25, -0.2) is 5.84 Å². The molecule has 1 heterocycles. The molecule has 0 unspecified atom stereocenters. The minimum Gasteiger partial charge on any atom is -0.314 e. The van der Waals surface area contributed by atoms with E-state index < -0.39 is 0 Å². The summed E-state index contributed by atoms with van der Waals surface area (Å²) in [5.74, 6) is 5.24. The van der Waals surface area contributed by atoms with Crippen molar-refractivity contribution in [1.29, 1.82) is 0 Å². The first-order valence-corrected chi connectivity index (χ1v) is 4.58. The Balaban J connectivity index is 2.56. The lowest BCUT2D eigenvalue weighted by Gasteiger charge is -2.03. The van der Waals surface area contributed by atoms with E-state index in [9.17, 15) is 0 Å². The summed E-state index contributed by atoms with van der Waals surface area (Å²) < 4.78 is 0. The maximum absolute atomic E-state index is 5.24. The summed E-state index contributed by atoms with van der Waals surface area (Å²) in [6, 6.07) is 9.67. The Kier molecular flexibility index (Phi) is 2.39. The van der Waals surface area contributed by atoms with Crippen molar-refractivity contribution in [3.05, 3.63) is 42.1 Å². The minimum atomic E-state index is 0.538. The fourth-order valence-corrected chi connectivity index (χ4v) is 1.43. The average molecular weight is 203 g/mol. The van der Waals surface area contributed by atoms with Crippen molar-refractivity contribution >= 4 is 28.1 Å². The SMILES string of the molecule is NNC(=S)c1ccc2ncccc2c1. The number of aromatic nitrogens is 1. The number of thiocarbonyl (C=S) groups is 1. The summed E-state index contributed by atoms with van der Waals surface area (Å²) in [6.07, 6.45) is 1.77. The van der Waals surface area contributed by atoms with Gasteiger partial charge in [-0.05, 0) is 24.3 Å². The van der Waals surface area contributed by atoms with Gasteiger partial charge in [0.2, 0.25) is 0 Å². The Labute approximate surface area is 86.9 Å². The van der Waals surface area contributed by atoms with Crippen molar-refractivity contribution in [2.75, 3.05) is 0 Å². The highest BCUT2D eigenvalue weighted by Gasteiger charge is 2.00. The topological polar surface area (TPSA) is 50.9 Å². The van der Waals surface area contributed by atoms with Crippen molar-refractivity contribution in [3.8, 4) is 0 Å². The Bertz CT molecular complexity index is 482. The number of benzene rings is 1. The fourth-order valence-electron chi connectivity index (χ4n) is 1.30. The lowest BCUT2D eigenvalue weighted by Crippen LogP contribution is -2.28. The minimum absolute atomic E-state index is 0.538. The van der Waals surface area contributed by atoms with E-state index in [4.69, 9.17) is 18.1 Å². The number of nitrogens with one attached hydrogen (secondary N) is 1. The molecule has 3 N–H and O–H groups in total. The standard InChI is InChI=1S/C10H9N3S/c11-13-10(14)8-3-4-9-7(6-8)2-1-5-12-9/h1-6H,11H2,(H,13,14). The Hall–Kier alpha value is -1.52. The molecule has 0 aliphatic heterocycles. The number of pyridine rings is 1. The molecule has 0 atom stereocenters. The highest BCUT2D eigenvalue weighted by Crippen LogP contribution is 2.13. The summed E-state index contributed by atoms with van der Waals surface area (Å²) in [4.78, 5) is 4.75. The number of hydrazine groups is 1. The summed E-state index contributed by atoms with van der Waals surface area (Å²) in [5.41, 5.74) is 4.32. The molecule has 1 aromatic heterocycles. The largest absolute Gasteiger partial charge is 0.314 e. The number of rotatable bonds is 1. The number of fused-ring (bicyclic) bond motifs is 1. The summed E-state index contributed by atoms with van der Waals surface area (Å²) >= 11 is 5.03. The molecular formula is C10H9N3S. The van der Waals surface area contributed by atoms with Gasteiger partial charge in [-0.3, -0.25) is 4.98 Å². The van der Waals surface area contributed by atoms with Crippen LogP contribution in [-0.4, -0.2) is 9.97 Å². The number of hydrogen-bond acceptors (Lipinski definition) is 3. The van der Waals surface area contributed by atoms with Crippen LogP contribution in [0.5, 0.6) is 0 Å². The molecular weight excluding hydrogens is 194 g/mol. The van der Waals surface area contributed by atoms with E-state index in [1.807, 2.05) is 30.3 Å². The van der Waals surface area contributed by atoms with Gasteiger partial charge < -0.3 is 5.43 Å². The van der Waals surface area contributed by atoms with Crippen LogP contribution in [0.15, 0.2) is 36.5 Å². The molecule has 1 aromatic carbocycles. The smallest absolute Gasteiger partial charge is 0.120 e. The first kappa shape index (κ1) is 9.05. The van der Waals surface area contributed by atoms with Crippen LogP contribution >= 0.6 is 12.2 Å². The quantitative estimate of drug-likeness (QED) is 0.417.